The minimum atomic E-state index is -1.89. The van der Waals surface area contributed by atoms with Crippen LogP contribution in [0, 0.1) is 0 Å². The second kappa shape index (κ2) is 7.12. The van der Waals surface area contributed by atoms with Gasteiger partial charge in [-0.1, -0.05) is 71.0 Å². The lowest BCUT2D eigenvalue weighted by molar-refractivity contribution is -0.112. The molecule has 0 aromatic heterocycles. The first-order valence-electron chi connectivity index (χ1n) is 6.24. The molecule has 17 heavy (non-hydrogen) atoms. The number of carbonyl (C=O) groups is 1. The lowest BCUT2D eigenvalue weighted by atomic mass is 10.2. The van der Waals surface area contributed by atoms with Gasteiger partial charge >= 0.3 is 0 Å². The summed E-state index contributed by atoms with van der Waals surface area (Å²) in [6, 6.07) is 10.3. The zero-order valence-corrected chi connectivity index (χ0v) is 13.3. The first-order valence-corrected chi connectivity index (χ1v) is 10.4. The fraction of sp³-hybridized carbons (Fsp3) is 0.500. The van der Waals surface area contributed by atoms with Crippen LogP contribution in [0.3, 0.4) is 0 Å². The average Bonchev–Trinajstić information content (AvgIpc) is 2.35. The Morgan fingerprint density at radius 1 is 1.12 bits per heavy atom. The minimum absolute atomic E-state index is 0.485. The topological polar surface area (TPSA) is 17.1 Å². The third-order valence-corrected chi connectivity index (χ3v) is 7.21. The number of benzene rings is 1. The van der Waals surface area contributed by atoms with Crippen LogP contribution in [-0.2, 0) is 4.79 Å². The van der Waals surface area contributed by atoms with E-state index >= 15 is 0 Å². The number of hydrogen-bond donors (Lipinski definition) is 0. The molecule has 0 heterocycles. The number of rotatable bonds is 7. The van der Waals surface area contributed by atoms with Crippen molar-refractivity contribution in [1.29, 1.82) is 0 Å². The molecule has 0 fully saturated rings. The van der Waals surface area contributed by atoms with Gasteiger partial charge in [0.25, 0.3) is 0 Å². The predicted molar refractivity (Wildman–Crippen MR) is 80.8 cm³/mol. The SMILES string of the molecule is C[Si](C)(C(=O)CCCCCBr)c1ccccc1. The highest BCUT2D eigenvalue weighted by Crippen LogP contribution is 2.11. The fourth-order valence-corrected chi connectivity index (χ4v) is 4.43. The molecule has 3 heteroatoms. The van der Waals surface area contributed by atoms with Gasteiger partial charge in [0.05, 0.1) is 0 Å². The molecule has 0 unspecified atom stereocenters. The second-order valence-electron chi connectivity index (χ2n) is 4.91. The zero-order valence-electron chi connectivity index (χ0n) is 10.7. The van der Waals surface area contributed by atoms with E-state index in [0.717, 1.165) is 24.6 Å². The van der Waals surface area contributed by atoms with Crippen LogP contribution in [0.25, 0.3) is 0 Å². The molecule has 0 radical (unpaired) electrons. The van der Waals surface area contributed by atoms with Crippen LogP contribution in [0.4, 0.5) is 0 Å². The van der Waals surface area contributed by atoms with Crippen LogP contribution in [-0.4, -0.2) is 18.8 Å². The van der Waals surface area contributed by atoms with Crippen molar-refractivity contribution in [2.45, 2.75) is 38.8 Å². The maximum atomic E-state index is 12.3. The summed E-state index contributed by atoms with van der Waals surface area (Å²) in [6.45, 7) is 4.32. The van der Waals surface area contributed by atoms with Gasteiger partial charge in [0.2, 0.25) is 0 Å². The molecule has 0 aliphatic carbocycles. The Hall–Kier alpha value is -0.413. The van der Waals surface area contributed by atoms with E-state index in [1.807, 2.05) is 18.2 Å². The maximum Gasteiger partial charge on any atom is 0.157 e. The van der Waals surface area contributed by atoms with E-state index in [1.54, 1.807) is 0 Å². The summed E-state index contributed by atoms with van der Waals surface area (Å²) in [7, 11) is -1.89. The Bertz CT molecular complexity index is 348. The van der Waals surface area contributed by atoms with Gasteiger partial charge in [-0.05, 0) is 12.8 Å². The van der Waals surface area contributed by atoms with E-state index in [0.29, 0.717) is 5.41 Å². The maximum absolute atomic E-state index is 12.3. The second-order valence-corrected chi connectivity index (χ2v) is 10.1. The molecule has 0 aliphatic rings. The van der Waals surface area contributed by atoms with Crippen molar-refractivity contribution in [3.05, 3.63) is 30.3 Å². The Balaban J connectivity index is 2.55. The van der Waals surface area contributed by atoms with E-state index in [9.17, 15) is 4.79 Å². The average molecular weight is 313 g/mol. The lowest BCUT2D eigenvalue weighted by Gasteiger charge is -2.21. The molecule has 0 atom stereocenters. The standard InChI is InChI=1S/C14H21BrOSi/c1-17(2,13-9-5-3-6-10-13)14(16)11-7-4-8-12-15/h3,5-6,9-10H,4,7-8,11-12H2,1-2H3. The van der Waals surface area contributed by atoms with Crippen molar-refractivity contribution in [3.8, 4) is 0 Å². The normalized spacial score (nSPS) is 11.5. The molecule has 0 N–H and O–H groups in total. The number of alkyl halides is 1. The van der Waals surface area contributed by atoms with Crippen molar-refractivity contribution >= 4 is 34.6 Å². The molecule has 0 aliphatic heterocycles. The highest BCUT2D eigenvalue weighted by molar-refractivity contribution is 9.09. The highest BCUT2D eigenvalue weighted by Gasteiger charge is 2.31. The Morgan fingerprint density at radius 2 is 1.76 bits per heavy atom. The Morgan fingerprint density at radius 3 is 2.35 bits per heavy atom. The van der Waals surface area contributed by atoms with Gasteiger partial charge < -0.3 is 4.79 Å². The summed E-state index contributed by atoms with van der Waals surface area (Å²) in [5.41, 5.74) is 0. The third-order valence-electron chi connectivity index (χ3n) is 3.23. The van der Waals surface area contributed by atoms with Crippen LogP contribution < -0.4 is 5.19 Å². The number of carbonyl (C=O) groups excluding carboxylic acids is 1. The molecule has 94 valence electrons. The Labute approximate surface area is 114 Å². The van der Waals surface area contributed by atoms with E-state index in [1.165, 1.54) is 11.6 Å². The van der Waals surface area contributed by atoms with Gasteiger partial charge in [-0.25, -0.2) is 0 Å². The van der Waals surface area contributed by atoms with Gasteiger partial charge in [-0.2, -0.15) is 0 Å². The van der Waals surface area contributed by atoms with Crippen LogP contribution in [0.1, 0.15) is 25.7 Å². The third kappa shape index (κ3) is 4.40. The van der Waals surface area contributed by atoms with Crippen molar-refractivity contribution in [2.24, 2.45) is 0 Å². The van der Waals surface area contributed by atoms with E-state index in [4.69, 9.17) is 0 Å². The summed E-state index contributed by atoms with van der Waals surface area (Å²) in [5.74, 6) is 0. The molecule has 1 rings (SSSR count). The molecule has 1 nitrogen and oxygen atoms in total. The first kappa shape index (κ1) is 14.6. The zero-order chi connectivity index (χ0) is 12.7. The number of halogens is 1. The van der Waals surface area contributed by atoms with Gasteiger partial charge in [-0.15, -0.1) is 0 Å². The van der Waals surface area contributed by atoms with Gasteiger partial charge in [-0.3, -0.25) is 0 Å². The molecule has 0 saturated heterocycles. The minimum Gasteiger partial charge on any atom is -0.305 e. The van der Waals surface area contributed by atoms with Crippen molar-refractivity contribution < 1.29 is 4.79 Å². The van der Waals surface area contributed by atoms with Gasteiger partial charge in [0.15, 0.2) is 8.07 Å². The lowest BCUT2D eigenvalue weighted by Crippen LogP contribution is -2.49. The molecule has 1 aromatic rings. The summed E-state index contributed by atoms with van der Waals surface area (Å²) in [4.78, 5) is 12.3. The van der Waals surface area contributed by atoms with E-state index in [2.05, 4.69) is 41.2 Å². The molecule has 1 aromatic carbocycles. The summed E-state index contributed by atoms with van der Waals surface area (Å²) < 4.78 is 0. The monoisotopic (exact) mass is 312 g/mol. The molecule has 0 spiro atoms. The summed E-state index contributed by atoms with van der Waals surface area (Å²) in [6.07, 6.45) is 4.10. The summed E-state index contributed by atoms with van der Waals surface area (Å²) in [5, 5.41) is 2.78. The van der Waals surface area contributed by atoms with E-state index < -0.39 is 8.07 Å². The molecule has 0 saturated carbocycles. The van der Waals surface area contributed by atoms with Crippen molar-refractivity contribution in [1.82, 2.24) is 0 Å². The van der Waals surface area contributed by atoms with Crippen molar-refractivity contribution in [3.63, 3.8) is 0 Å². The van der Waals surface area contributed by atoms with Gasteiger partial charge in [0.1, 0.15) is 5.41 Å². The van der Waals surface area contributed by atoms with Gasteiger partial charge in [0, 0.05) is 11.8 Å². The van der Waals surface area contributed by atoms with Crippen molar-refractivity contribution in [2.75, 3.05) is 5.33 Å². The van der Waals surface area contributed by atoms with E-state index in [-0.39, 0.29) is 0 Å². The fourth-order valence-electron chi connectivity index (χ4n) is 1.89. The molecule has 0 amide bonds. The van der Waals surface area contributed by atoms with Crippen LogP contribution in [0.2, 0.25) is 13.1 Å². The number of hydrogen-bond acceptors (Lipinski definition) is 1. The summed E-state index contributed by atoms with van der Waals surface area (Å²) >= 11 is 3.42. The molecular weight excluding hydrogens is 292 g/mol. The Kier molecular flexibility index (Phi) is 6.13. The first-order chi connectivity index (χ1) is 8.09. The van der Waals surface area contributed by atoms with Crippen LogP contribution in [0.15, 0.2) is 30.3 Å². The molecule has 0 bridgehead atoms. The highest BCUT2D eigenvalue weighted by atomic mass is 79.9. The largest absolute Gasteiger partial charge is 0.305 e. The van der Waals surface area contributed by atoms with Crippen LogP contribution in [0.5, 0.6) is 0 Å². The predicted octanol–water partition coefficient (Wildman–Crippen LogP) is 3.67. The van der Waals surface area contributed by atoms with Crippen LogP contribution >= 0.6 is 15.9 Å². The quantitative estimate of drug-likeness (QED) is 0.426. The smallest absolute Gasteiger partial charge is 0.157 e. The molecular formula is C14H21BrOSi. The number of unbranched alkanes of at least 4 members (excludes halogenated alkanes) is 2.